The lowest BCUT2D eigenvalue weighted by molar-refractivity contribution is -0.577. The third kappa shape index (κ3) is 4.40. The highest BCUT2D eigenvalue weighted by molar-refractivity contribution is 5.78. The second-order valence-electron chi connectivity index (χ2n) is 8.67. The summed E-state index contributed by atoms with van der Waals surface area (Å²) in [5.41, 5.74) is 8.81. The summed E-state index contributed by atoms with van der Waals surface area (Å²) >= 11 is 0. The van der Waals surface area contributed by atoms with E-state index in [1.165, 1.54) is 6.20 Å². The average Bonchev–Trinajstić information content (AvgIpc) is 3.68. The number of aryl methyl sites for hydroxylation is 1. The molecule has 0 atom stereocenters. The highest BCUT2D eigenvalue weighted by atomic mass is 16.5. The van der Waals surface area contributed by atoms with Crippen LogP contribution in [0.4, 0.5) is 0 Å². The van der Waals surface area contributed by atoms with Crippen LogP contribution in [0.15, 0.2) is 91.1 Å². The van der Waals surface area contributed by atoms with Crippen LogP contribution >= 0.6 is 0 Å². The van der Waals surface area contributed by atoms with Crippen LogP contribution in [0.5, 0.6) is 0 Å². The van der Waals surface area contributed by atoms with Crippen molar-refractivity contribution in [2.24, 2.45) is 7.05 Å². The lowest BCUT2D eigenvalue weighted by atomic mass is 10.2. The molecule has 4 aromatic heterocycles. The van der Waals surface area contributed by atoms with E-state index in [0.717, 1.165) is 60.5 Å². The van der Waals surface area contributed by atoms with Crippen LogP contribution in [-0.2, 0) is 7.05 Å². The zero-order valence-electron chi connectivity index (χ0n) is 19.7. The van der Waals surface area contributed by atoms with E-state index in [0.29, 0.717) is 0 Å². The number of benzene rings is 1. The molecule has 6 nitrogen and oxygen atoms in total. The fraction of sp³-hybridized carbons (Fsp3) is 0.0333. The first-order valence-corrected chi connectivity index (χ1v) is 11.7. The normalized spacial score (nSPS) is 11.9. The van der Waals surface area contributed by atoms with Gasteiger partial charge in [0.15, 0.2) is 6.20 Å². The van der Waals surface area contributed by atoms with E-state index in [1.807, 2.05) is 54.6 Å². The molecule has 2 aliphatic rings. The number of aromatic nitrogens is 5. The van der Waals surface area contributed by atoms with Gasteiger partial charge in [0, 0.05) is 46.6 Å². The van der Waals surface area contributed by atoms with Gasteiger partial charge >= 0.3 is 0 Å². The maximum atomic E-state index is 11.1. The Bertz CT molecular complexity index is 1730. The molecular formula is C30H23N5O. The number of nitrogens with one attached hydrogen (secondary N) is 1. The van der Waals surface area contributed by atoms with Gasteiger partial charge in [0.25, 0.3) is 0 Å². The summed E-state index contributed by atoms with van der Waals surface area (Å²) in [6, 6.07) is 27.8. The number of rotatable bonds is 0. The predicted octanol–water partition coefficient (Wildman–Crippen LogP) is 6.14. The number of nitrogens with zero attached hydrogens (tertiary/aromatic N) is 4. The highest BCUT2D eigenvalue weighted by Gasteiger charge is 2.03. The summed E-state index contributed by atoms with van der Waals surface area (Å²) in [5, 5.41) is 12.1. The predicted molar refractivity (Wildman–Crippen MR) is 146 cm³/mol. The Hall–Kier alpha value is -4.97. The molecule has 6 heterocycles. The molecule has 0 saturated carbocycles. The largest absolute Gasteiger partial charge is 0.618 e. The second kappa shape index (κ2) is 9.00. The quantitative estimate of drug-likeness (QED) is 0.214. The van der Waals surface area contributed by atoms with Crippen molar-refractivity contribution in [2.75, 3.05) is 0 Å². The molecule has 0 radical (unpaired) electrons. The van der Waals surface area contributed by atoms with Gasteiger partial charge in [-0.05, 0) is 85.0 Å². The molecule has 0 amide bonds. The smallest absolute Gasteiger partial charge is 0.223 e. The summed E-state index contributed by atoms with van der Waals surface area (Å²) in [5.74, 6) is 0. The van der Waals surface area contributed by atoms with Crippen molar-refractivity contribution in [1.82, 2.24) is 19.5 Å². The molecule has 7 rings (SSSR count). The number of hydrogen-bond donors (Lipinski definition) is 1. The number of para-hydroxylation sites is 1. The number of fused-ring (bicyclic) bond motifs is 9. The average molecular weight is 470 g/mol. The number of aromatic amines is 1. The van der Waals surface area contributed by atoms with Crippen LogP contribution in [0.3, 0.4) is 0 Å². The van der Waals surface area contributed by atoms with E-state index < -0.39 is 0 Å². The molecule has 1 N–H and O–H groups in total. The standard InChI is InChI=1S/C21H16N4.C9H7NO/c1-25-20-8-9-21(25)13-19-7-5-17(24-19)11-15-3-2-14(22-15)10-16-4-6-18(12-20)23-16;11-10-7-3-5-8-4-1-2-6-9(8)10/h2-13,22H,1H3;1-7H. The van der Waals surface area contributed by atoms with Gasteiger partial charge in [0.05, 0.1) is 22.8 Å². The Labute approximate surface area is 207 Å². The Kier molecular flexibility index (Phi) is 5.39. The molecule has 174 valence electrons. The van der Waals surface area contributed by atoms with Crippen molar-refractivity contribution in [1.29, 1.82) is 0 Å². The van der Waals surface area contributed by atoms with Crippen LogP contribution in [0.25, 0.3) is 57.3 Å². The van der Waals surface area contributed by atoms with Gasteiger partial charge in [-0.25, -0.2) is 9.97 Å². The molecule has 0 spiro atoms. The first-order valence-electron chi connectivity index (χ1n) is 11.7. The topological polar surface area (TPSA) is 73.4 Å². The van der Waals surface area contributed by atoms with Crippen LogP contribution in [0, 0.1) is 5.21 Å². The number of pyridine rings is 1. The van der Waals surface area contributed by atoms with E-state index in [1.54, 1.807) is 6.07 Å². The summed E-state index contributed by atoms with van der Waals surface area (Å²) < 4.78 is 3.02. The SMILES string of the molecule is Cn1c2ccc1cc1nc(cc3ccc(cc4nc(c2)C=C4)[nH]3)C=C1.[O-][n+]1cccc2ccccc21. The highest BCUT2D eigenvalue weighted by Crippen LogP contribution is 2.18. The monoisotopic (exact) mass is 469 g/mol. The Morgan fingerprint density at radius 2 is 1.19 bits per heavy atom. The van der Waals surface area contributed by atoms with Gasteiger partial charge < -0.3 is 14.8 Å². The van der Waals surface area contributed by atoms with Crippen molar-refractivity contribution in [3.63, 3.8) is 0 Å². The molecule has 2 aliphatic heterocycles. The van der Waals surface area contributed by atoms with E-state index in [4.69, 9.17) is 0 Å². The van der Waals surface area contributed by atoms with Gasteiger partial charge in [-0.3, -0.25) is 0 Å². The molecule has 36 heavy (non-hydrogen) atoms. The van der Waals surface area contributed by atoms with Gasteiger partial charge in [-0.2, -0.15) is 4.73 Å². The van der Waals surface area contributed by atoms with E-state index in [2.05, 4.69) is 75.1 Å². The van der Waals surface area contributed by atoms with Gasteiger partial charge in [0.2, 0.25) is 5.52 Å². The molecule has 0 saturated heterocycles. The van der Waals surface area contributed by atoms with Gasteiger partial charge in [0.1, 0.15) is 0 Å². The summed E-state index contributed by atoms with van der Waals surface area (Å²) in [4.78, 5) is 12.8. The molecule has 1 aromatic carbocycles. The van der Waals surface area contributed by atoms with Crippen LogP contribution in [0.1, 0.15) is 22.8 Å². The summed E-state index contributed by atoms with van der Waals surface area (Å²) in [6.07, 6.45) is 9.66. The Balaban J connectivity index is 0.000000183. The fourth-order valence-electron chi connectivity index (χ4n) is 4.30. The minimum absolute atomic E-state index is 0.718. The van der Waals surface area contributed by atoms with E-state index in [-0.39, 0.29) is 0 Å². The molecule has 0 aliphatic carbocycles. The minimum atomic E-state index is 0.718. The van der Waals surface area contributed by atoms with Crippen molar-refractivity contribution < 1.29 is 4.73 Å². The third-order valence-electron chi connectivity index (χ3n) is 6.17. The zero-order valence-corrected chi connectivity index (χ0v) is 19.7. The molecular weight excluding hydrogens is 446 g/mol. The zero-order chi connectivity index (χ0) is 24.5. The van der Waals surface area contributed by atoms with Crippen molar-refractivity contribution in [3.8, 4) is 0 Å². The van der Waals surface area contributed by atoms with Crippen LogP contribution < -0.4 is 4.73 Å². The summed E-state index contributed by atoms with van der Waals surface area (Å²) in [6.45, 7) is 0. The maximum Gasteiger partial charge on any atom is 0.223 e. The third-order valence-corrected chi connectivity index (χ3v) is 6.17. The molecule has 8 bridgehead atoms. The molecule has 0 fully saturated rings. The van der Waals surface area contributed by atoms with Crippen LogP contribution in [-0.4, -0.2) is 19.5 Å². The van der Waals surface area contributed by atoms with Gasteiger partial charge in [-0.15, -0.1) is 0 Å². The van der Waals surface area contributed by atoms with Crippen molar-refractivity contribution in [3.05, 3.63) is 119 Å². The summed E-state index contributed by atoms with van der Waals surface area (Å²) in [7, 11) is 2.06. The Morgan fingerprint density at radius 1 is 0.667 bits per heavy atom. The van der Waals surface area contributed by atoms with E-state index >= 15 is 0 Å². The second-order valence-corrected chi connectivity index (χ2v) is 8.67. The first-order chi connectivity index (χ1) is 17.6. The number of hydrogen-bond acceptors (Lipinski definition) is 3. The molecule has 0 unspecified atom stereocenters. The fourth-order valence-corrected chi connectivity index (χ4v) is 4.30. The minimum Gasteiger partial charge on any atom is -0.618 e. The maximum absolute atomic E-state index is 11.1. The lowest BCUT2D eigenvalue weighted by Crippen LogP contribution is -2.25. The van der Waals surface area contributed by atoms with E-state index in [9.17, 15) is 5.21 Å². The lowest BCUT2D eigenvalue weighted by Gasteiger charge is -1.98. The molecule has 6 heteroatoms. The van der Waals surface area contributed by atoms with Crippen molar-refractivity contribution in [2.45, 2.75) is 0 Å². The first kappa shape index (κ1) is 21.6. The Morgan fingerprint density at radius 3 is 1.78 bits per heavy atom. The van der Waals surface area contributed by atoms with Crippen LogP contribution in [0.2, 0.25) is 0 Å². The van der Waals surface area contributed by atoms with Crippen molar-refractivity contribution >= 4 is 57.3 Å². The molecule has 5 aromatic rings. The number of H-pyrrole nitrogens is 1. The van der Waals surface area contributed by atoms with Gasteiger partial charge in [-0.1, -0.05) is 12.1 Å².